The number of unbranched alkanes of at least 4 members (excludes halogenated alkanes) is 4. The Kier molecular flexibility index (Phi) is 65.5. The summed E-state index contributed by atoms with van der Waals surface area (Å²) in [7, 11) is 0.769. The van der Waals surface area contributed by atoms with Gasteiger partial charge in [0.2, 0.25) is 0 Å². The Hall–Kier alpha value is -0.210. The van der Waals surface area contributed by atoms with E-state index in [2.05, 4.69) is 76.2 Å². The van der Waals surface area contributed by atoms with Crippen LogP contribution in [-0.4, -0.2) is 73.8 Å². The maximum atomic E-state index is 10.2. The summed E-state index contributed by atoms with van der Waals surface area (Å²) in [6.07, 6.45) is 35.3. The van der Waals surface area contributed by atoms with Crippen LogP contribution in [0.4, 0.5) is 0 Å². The van der Waals surface area contributed by atoms with Gasteiger partial charge in [-0.15, -0.1) is 0 Å². The van der Waals surface area contributed by atoms with Crippen molar-refractivity contribution in [3.8, 4) is 0 Å². The Morgan fingerprint density at radius 1 is 0.483 bits per heavy atom. The first-order valence-electron chi connectivity index (χ1n) is 25.2. The molecule has 5 fully saturated rings. The third kappa shape index (κ3) is 67.6. The van der Waals surface area contributed by atoms with Crippen molar-refractivity contribution in [3.05, 3.63) is 0 Å². The number of ether oxygens (including phenoxy) is 4. The molecule has 58 heavy (non-hydrogen) atoms. The zero-order valence-corrected chi connectivity index (χ0v) is 43.5. The first kappa shape index (κ1) is 66.9. The maximum absolute atomic E-state index is 10.2. The zero-order valence-electron chi connectivity index (χ0n) is 42.7. The minimum atomic E-state index is -2.67. The van der Waals surface area contributed by atoms with Crippen LogP contribution in [0.25, 0.3) is 0 Å². The van der Waals surface area contributed by atoms with E-state index in [0.29, 0.717) is 11.9 Å². The fraction of sp³-hybridized carbons (Fsp3) is 1.00. The molecule has 5 aliphatic rings. The molecule has 0 bridgehead atoms. The van der Waals surface area contributed by atoms with Gasteiger partial charge in [-0.1, -0.05) is 192 Å². The van der Waals surface area contributed by atoms with Crippen LogP contribution in [0.5, 0.6) is 0 Å². The highest BCUT2D eigenvalue weighted by Crippen LogP contribution is 2.31. The summed E-state index contributed by atoms with van der Waals surface area (Å²) >= 11 is 0. The van der Waals surface area contributed by atoms with Crippen LogP contribution in [0.3, 0.4) is 0 Å². The Morgan fingerprint density at radius 3 is 1.03 bits per heavy atom. The van der Waals surface area contributed by atoms with Gasteiger partial charge in [-0.05, 0) is 75.0 Å². The maximum Gasteiger partial charge on any atom is 0.147 e. The van der Waals surface area contributed by atoms with Crippen LogP contribution in [0, 0.1) is 23.7 Å². The highest BCUT2D eigenvalue weighted by atomic mass is 32.2. The minimum absolute atomic E-state index is 0.312. The van der Waals surface area contributed by atoms with Crippen LogP contribution < -0.4 is 0 Å². The quantitative estimate of drug-likeness (QED) is 0.162. The molecule has 1 atom stereocenters. The van der Waals surface area contributed by atoms with Crippen molar-refractivity contribution in [2.24, 2.45) is 23.7 Å². The van der Waals surface area contributed by atoms with Gasteiger partial charge >= 0.3 is 0 Å². The third-order valence-corrected chi connectivity index (χ3v) is 11.9. The topological polar surface area (TPSA) is 71.1 Å². The molecule has 5 rings (SSSR count). The van der Waals surface area contributed by atoms with E-state index in [9.17, 15) is 8.42 Å². The summed E-state index contributed by atoms with van der Waals surface area (Å²) in [6.45, 7) is 31.0. The largest absolute Gasteiger partial charge is 0.385 e. The number of hydrogen-bond acceptors (Lipinski definition) is 6. The van der Waals surface area contributed by atoms with Crippen molar-refractivity contribution in [1.82, 2.24) is 0 Å². The number of sulfone groups is 1. The molecule has 358 valence electrons. The first-order valence-corrected chi connectivity index (χ1v) is 27.2. The summed E-state index contributed by atoms with van der Waals surface area (Å²) < 4.78 is 40.4. The van der Waals surface area contributed by atoms with Crippen molar-refractivity contribution in [3.63, 3.8) is 0 Å². The van der Waals surface area contributed by atoms with Gasteiger partial charge < -0.3 is 18.9 Å². The lowest BCUT2D eigenvalue weighted by atomic mass is 9.84. The Labute approximate surface area is 368 Å². The van der Waals surface area contributed by atoms with E-state index in [1.165, 1.54) is 154 Å². The average Bonchev–Trinajstić information content (AvgIpc) is 3.90. The predicted molar refractivity (Wildman–Crippen MR) is 261 cm³/mol. The van der Waals surface area contributed by atoms with E-state index in [0.717, 1.165) is 69.5 Å². The molecule has 6 nitrogen and oxygen atoms in total. The van der Waals surface area contributed by atoms with Gasteiger partial charge in [0.25, 0.3) is 0 Å². The number of hydrogen-bond donors (Lipinski definition) is 0. The molecule has 0 amide bonds. The van der Waals surface area contributed by atoms with Crippen LogP contribution in [-0.2, 0) is 28.8 Å². The molecule has 0 N–H and O–H groups in total. The van der Waals surface area contributed by atoms with Gasteiger partial charge in [0.15, 0.2) is 0 Å². The molecular formula is C51H112O6S. The first-order chi connectivity index (χ1) is 27.8. The molecule has 2 heterocycles. The van der Waals surface area contributed by atoms with Crippen molar-refractivity contribution in [1.29, 1.82) is 0 Å². The Balaban J connectivity index is -0.000000180. The number of rotatable bonds is 14. The van der Waals surface area contributed by atoms with Gasteiger partial charge in [-0.3, -0.25) is 0 Å². The van der Waals surface area contributed by atoms with Gasteiger partial charge in [-0.2, -0.15) is 0 Å². The van der Waals surface area contributed by atoms with E-state index >= 15 is 0 Å². The summed E-state index contributed by atoms with van der Waals surface area (Å²) in [5, 5.41) is 0. The molecule has 0 aromatic rings. The second-order valence-corrected chi connectivity index (χ2v) is 19.2. The molecule has 1 unspecified atom stereocenters. The van der Waals surface area contributed by atoms with Crippen molar-refractivity contribution in [2.75, 3.05) is 59.3 Å². The SMILES string of the molecule is CC1CCC1.CCC1CC1.CCC1CCC1.CCC1CCCO1.CCC1CCOCC1.CCCC.CCCCC.CCCCOC.CCCOC.CCCS(C)(=O)=O. The Bertz CT molecular complexity index is 749. The molecule has 7 heteroatoms. The molecule has 0 aromatic carbocycles. The monoisotopic (exact) mass is 853 g/mol. The Morgan fingerprint density at radius 2 is 0.931 bits per heavy atom. The molecule has 0 radical (unpaired) electrons. The smallest absolute Gasteiger partial charge is 0.147 e. The number of methoxy groups -OCH3 is 2. The average molecular weight is 854 g/mol. The summed E-state index contributed by atoms with van der Waals surface area (Å²) in [4.78, 5) is 0. The van der Waals surface area contributed by atoms with Gasteiger partial charge in [0.1, 0.15) is 9.84 Å². The molecule has 0 spiro atoms. The van der Waals surface area contributed by atoms with E-state index in [1.807, 2.05) is 6.92 Å². The molecule has 3 aliphatic carbocycles. The lowest BCUT2D eigenvalue weighted by Crippen LogP contribution is -2.14. The lowest BCUT2D eigenvalue weighted by molar-refractivity contribution is 0.0654. The van der Waals surface area contributed by atoms with Gasteiger partial charge in [0.05, 0.1) is 6.10 Å². The van der Waals surface area contributed by atoms with Crippen LogP contribution in [0.15, 0.2) is 0 Å². The second-order valence-electron chi connectivity index (χ2n) is 16.9. The van der Waals surface area contributed by atoms with Crippen molar-refractivity contribution >= 4 is 9.84 Å². The molecule has 2 saturated heterocycles. The highest BCUT2D eigenvalue weighted by Gasteiger charge is 2.17. The predicted octanol–water partition coefficient (Wildman–Crippen LogP) is 16.1. The van der Waals surface area contributed by atoms with E-state index in [1.54, 1.807) is 14.2 Å². The molecule has 3 saturated carbocycles. The standard InChI is InChI=1S/C7H14O.C6H12O.C6H12.C5H12O.2C5H10.C5H12.C4H10O2S.C4H10O.C4H10/c1-2-7-3-5-8-6-4-7;1-2-6-4-3-5-7-6;1-2-6-4-3-5-6;1-3-4-5-6-2;1-5-3-2-4-5;1-2-5-3-4-5;1-3-5-4-2;1-3-4-7(2,5)6;1-3-4-5-2;1-3-4-2/h7H,2-6H2,1H3;6H,2-5H2,1H3;6H,2-5H2,1H3;3-5H2,1-2H3;2*5H,2-4H2,1H3;3-5H2,1-2H3;3-4H2,1-2H3;3-4H2,1-2H3;3-4H2,1-2H3. The zero-order chi connectivity index (χ0) is 45.1. The van der Waals surface area contributed by atoms with E-state index < -0.39 is 9.84 Å². The van der Waals surface area contributed by atoms with E-state index in [4.69, 9.17) is 18.9 Å². The molecule has 2 aliphatic heterocycles. The highest BCUT2D eigenvalue weighted by molar-refractivity contribution is 7.90. The summed E-state index contributed by atoms with van der Waals surface area (Å²) in [5.41, 5.74) is 0. The van der Waals surface area contributed by atoms with Gasteiger partial charge in [0, 0.05) is 59.3 Å². The van der Waals surface area contributed by atoms with Crippen molar-refractivity contribution < 1.29 is 27.4 Å². The fourth-order valence-corrected chi connectivity index (χ4v) is 6.12. The molecular weight excluding hydrogens is 741 g/mol. The van der Waals surface area contributed by atoms with Gasteiger partial charge in [-0.25, -0.2) is 8.42 Å². The minimum Gasteiger partial charge on any atom is -0.385 e. The second kappa shape index (κ2) is 56.8. The van der Waals surface area contributed by atoms with Crippen LogP contribution >= 0.6 is 0 Å². The third-order valence-electron chi connectivity index (χ3n) is 10.8. The lowest BCUT2D eigenvalue weighted by Gasteiger charge is -2.22. The normalized spacial score (nSPS) is 18.0. The molecule has 0 aromatic heterocycles. The van der Waals surface area contributed by atoms with Crippen molar-refractivity contribution in [2.45, 2.75) is 250 Å². The summed E-state index contributed by atoms with van der Waals surface area (Å²) in [5.74, 6) is 4.59. The summed E-state index contributed by atoms with van der Waals surface area (Å²) in [6, 6.07) is 0. The van der Waals surface area contributed by atoms with Crippen LogP contribution in [0.1, 0.15) is 244 Å². The van der Waals surface area contributed by atoms with E-state index in [-0.39, 0.29) is 0 Å². The fourth-order valence-electron chi connectivity index (χ4n) is 5.38. The van der Waals surface area contributed by atoms with Crippen LogP contribution in [0.2, 0.25) is 0 Å².